The minimum atomic E-state index is -1.57. The molecule has 1 amide bonds. The smallest absolute Gasteiger partial charge is 0.220 e. The number of aliphatic hydroxyl groups excluding tert-OH is 5. The second kappa shape index (κ2) is 43.0. The van der Waals surface area contributed by atoms with Crippen LogP contribution in [-0.2, 0) is 14.3 Å². The highest BCUT2D eigenvalue weighted by Crippen LogP contribution is 2.22. The van der Waals surface area contributed by atoms with Crippen LogP contribution in [0.25, 0.3) is 0 Å². The Morgan fingerprint density at radius 1 is 0.556 bits per heavy atom. The number of rotatable bonds is 40. The molecule has 9 nitrogen and oxygen atoms in total. The maximum atomic E-state index is 12.9. The number of unbranched alkanes of at least 4 members (excludes halogenated alkanes) is 16. The normalized spacial score (nSPS) is 21.0. The Balaban J connectivity index is 2.06. The summed E-state index contributed by atoms with van der Waals surface area (Å²) in [5.41, 5.74) is 0. The van der Waals surface area contributed by atoms with Gasteiger partial charge in [-0.1, -0.05) is 195 Å². The summed E-state index contributed by atoms with van der Waals surface area (Å²) < 4.78 is 11.1. The van der Waals surface area contributed by atoms with Gasteiger partial charge in [0.05, 0.1) is 25.4 Å². The zero-order valence-corrected chi connectivity index (χ0v) is 39.5. The predicted octanol–water partition coefficient (Wildman–Crippen LogP) is 11.3. The molecule has 0 spiro atoms. The Labute approximate surface area is 383 Å². The summed E-state index contributed by atoms with van der Waals surface area (Å²) in [6, 6.07) is -0.806. The molecule has 1 heterocycles. The van der Waals surface area contributed by atoms with E-state index in [2.05, 4.69) is 104 Å². The molecule has 0 bridgehead atoms. The summed E-state index contributed by atoms with van der Waals surface area (Å²) in [7, 11) is 0. The van der Waals surface area contributed by atoms with Crippen LogP contribution >= 0.6 is 0 Å². The van der Waals surface area contributed by atoms with Crippen LogP contribution in [0.5, 0.6) is 0 Å². The van der Waals surface area contributed by atoms with E-state index >= 15 is 0 Å². The third kappa shape index (κ3) is 33.3. The van der Waals surface area contributed by atoms with Gasteiger partial charge in [0.25, 0.3) is 0 Å². The van der Waals surface area contributed by atoms with Crippen LogP contribution in [0.3, 0.4) is 0 Å². The first-order valence-corrected chi connectivity index (χ1v) is 25.0. The Morgan fingerprint density at radius 2 is 0.984 bits per heavy atom. The molecule has 0 saturated carbocycles. The van der Waals surface area contributed by atoms with Crippen LogP contribution in [0, 0.1) is 0 Å². The largest absolute Gasteiger partial charge is 0.394 e. The molecule has 1 aliphatic rings. The minimum absolute atomic E-state index is 0.191. The van der Waals surface area contributed by atoms with Gasteiger partial charge in [-0.15, -0.1) is 0 Å². The molecular formula is C54H91NO8. The van der Waals surface area contributed by atoms with Gasteiger partial charge in [0.2, 0.25) is 5.91 Å². The topological polar surface area (TPSA) is 149 Å². The van der Waals surface area contributed by atoms with E-state index in [9.17, 15) is 30.3 Å². The molecule has 1 fully saturated rings. The van der Waals surface area contributed by atoms with Gasteiger partial charge in [-0.25, -0.2) is 0 Å². The maximum Gasteiger partial charge on any atom is 0.220 e. The fourth-order valence-corrected chi connectivity index (χ4v) is 7.19. The second-order valence-electron chi connectivity index (χ2n) is 16.9. The molecule has 0 radical (unpaired) electrons. The van der Waals surface area contributed by atoms with E-state index < -0.39 is 49.5 Å². The molecule has 0 aromatic rings. The Morgan fingerprint density at radius 3 is 1.46 bits per heavy atom. The van der Waals surface area contributed by atoms with Gasteiger partial charge in [0.1, 0.15) is 24.4 Å². The van der Waals surface area contributed by atoms with Gasteiger partial charge >= 0.3 is 0 Å². The van der Waals surface area contributed by atoms with Crippen molar-refractivity contribution >= 4 is 5.91 Å². The third-order valence-electron chi connectivity index (χ3n) is 11.2. The van der Waals surface area contributed by atoms with Crippen LogP contribution in [0.15, 0.2) is 97.2 Å². The molecule has 360 valence electrons. The van der Waals surface area contributed by atoms with Gasteiger partial charge in [-0.3, -0.25) is 4.79 Å². The number of allylic oxidation sites excluding steroid dienone is 15. The van der Waals surface area contributed by atoms with E-state index in [1.807, 2.05) is 6.08 Å². The second-order valence-corrected chi connectivity index (χ2v) is 16.9. The lowest BCUT2D eigenvalue weighted by atomic mass is 9.99. The highest BCUT2D eigenvalue weighted by molar-refractivity contribution is 5.76. The van der Waals surface area contributed by atoms with Crippen LogP contribution in [0.1, 0.15) is 181 Å². The molecule has 0 aromatic carbocycles. The molecule has 9 heteroatoms. The van der Waals surface area contributed by atoms with Gasteiger partial charge in [0.15, 0.2) is 6.29 Å². The van der Waals surface area contributed by atoms with Gasteiger partial charge in [-0.05, 0) is 77.0 Å². The number of carbonyl (C=O) groups is 1. The van der Waals surface area contributed by atoms with E-state index in [1.165, 1.54) is 70.6 Å². The number of aliphatic hydroxyl groups is 5. The van der Waals surface area contributed by atoms with E-state index in [4.69, 9.17) is 9.47 Å². The Bertz CT molecular complexity index is 1300. The van der Waals surface area contributed by atoms with E-state index in [0.29, 0.717) is 6.42 Å². The van der Waals surface area contributed by atoms with Crippen LogP contribution < -0.4 is 5.32 Å². The highest BCUT2D eigenvalue weighted by Gasteiger charge is 2.44. The summed E-state index contributed by atoms with van der Waals surface area (Å²) in [5.74, 6) is -0.191. The fraction of sp³-hybridized carbons (Fsp3) is 0.685. The number of carbonyl (C=O) groups excluding carboxylic acids is 1. The molecule has 0 aliphatic carbocycles. The molecule has 7 atom stereocenters. The molecular weight excluding hydrogens is 791 g/mol. The molecule has 7 unspecified atom stereocenters. The van der Waals surface area contributed by atoms with Crippen molar-refractivity contribution in [1.29, 1.82) is 0 Å². The number of ether oxygens (including phenoxy) is 2. The predicted molar refractivity (Wildman–Crippen MR) is 262 cm³/mol. The minimum Gasteiger partial charge on any atom is -0.394 e. The van der Waals surface area contributed by atoms with Gasteiger partial charge in [-0.2, -0.15) is 0 Å². The number of nitrogens with one attached hydrogen (secondary N) is 1. The third-order valence-corrected chi connectivity index (χ3v) is 11.2. The summed E-state index contributed by atoms with van der Waals surface area (Å²) in [6.07, 6.45) is 55.3. The van der Waals surface area contributed by atoms with Crippen molar-refractivity contribution in [3.05, 3.63) is 97.2 Å². The van der Waals surface area contributed by atoms with Crippen molar-refractivity contribution in [2.75, 3.05) is 13.2 Å². The van der Waals surface area contributed by atoms with E-state index in [0.717, 1.165) is 89.9 Å². The summed E-state index contributed by atoms with van der Waals surface area (Å²) >= 11 is 0. The van der Waals surface area contributed by atoms with E-state index in [1.54, 1.807) is 6.08 Å². The van der Waals surface area contributed by atoms with E-state index in [-0.39, 0.29) is 12.5 Å². The molecule has 1 saturated heterocycles. The lowest BCUT2D eigenvalue weighted by molar-refractivity contribution is -0.302. The van der Waals surface area contributed by atoms with Crippen molar-refractivity contribution in [2.45, 2.75) is 224 Å². The number of amides is 1. The standard InChI is InChI=1S/C54H91NO8/c1-3-5-7-9-10-11-12-13-14-15-16-17-18-19-20-21-22-23-24-25-26-27-28-29-30-31-32-33-34-35-36-37-38-40-42-44-50(58)55-47(48(57)43-41-39-8-6-4-2)46-62-54-53(61)52(60)51(59)49(45-56)63-54/h5,7,10-11,13-14,16-17,19-20,22-23,25-26,41,43,47-49,51-54,56-57,59-61H,3-4,6,8-9,12,15,18,21,24,27-40,42,44-46H2,1-2H3,(H,55,58)/b7-5-,11-10-,14-13-,17-16-,20-19-,23-22-,26-25-,43-41+. The van der Waals surface area contributed by atoms with Crippen molar-refractivity contribution < 1.29 is 39.8 Å². The summed E-state index contributed by atoms with van der Waals surface area (Å²) in [4.78, 5) is 12.9. The number of hydrogen-bond donors (Lipinski definition) is 6. The van der Waals surface area contributed by atoms with Crippen molar-refractivity contribution in [2.24, 2.45) is 0 Å². The van der Waals surface area contributed by atoms with Crippen LogP contribution in [-0.4, -0.2) is 87.5 Å². The summed E-state index contributed by atoms with van der Waals surface area (Å²) in [5, 5.41) is 53.7. The molecule has 63 heavy (non-hydrogen) atoms. The Hall–Kier alpha value is -2.89. The first-order chi connectivity index (χ1) is 30.8. The molecule has 6 N–H and O–H groups in total. The highest BCUT2D eigenvalue weighted by atomic mass is 16.7. The molecule has 1 aliphatic heterocycles. The van der Waals surface area contributed by atoms with Crippen LogP contribution in [0.2, 0.25) is 0 Å². The average Bonchev–Trinajstić information content (AvgIpc) is 3.28. The molecule has 0 aromatic heterocycles. The van der Waals surface area contributed by atoms with Crippen molar-refractivity contribution in [3.8, 4) is 0 Å². The SMILES string of the molecule is CC/C=C\C/C=C\C/C=C\C/C=C\C/C=C\C/C=C\C/C=C\CCCCCCCCCCCCCCCC(=O)NC(COC1OC(CO)C(O)C(O)C1O)C(O)/C=C/CCCCC. The first kappa shape index (κ1) is 58.1. The maximum absolute atomic E-state index is 12.9. The van der Waals surface area contributed by atoms with Gasteiger partial charge in [0, 0.05) is 6.42 Å². The van der Waals surface area contributed by atoms with Crippen LogP contribution in [0.4, 0.5) is 0 Å². The monoisotopic (exact) mass is 882 g/mol. The Kier molecular flexibility index (Phi) is 39.7. The number of hydrogen-bond acceptors (Lipinski definition) is 8. The zero-order valence-electron chi connectivity index (χ0n) is 39.5. The lowest BCUT2D eigenvalue weighted by Crippen LogP contribution is -2.60. The molecule has 1 rings (SSSR count). The quantitative estimate of drug-likeness (QED) is 0.0263. The zero-order chi connectivity index (χ0) is 45.9. The van der Waals surface area contributed by atoms with Crippen molar-refractivity contribution in [1.82, 2.24) is 5.32 Å². The fourth-order valence-electron chi connectivity index (χ4n) is 7.19. The van der Waals surface area contributed by atoms with Crippen molar-refractivity contribution in [3.63, 3.8) is 0 Å². The first-order valence-electron chi connectivity index (χ1n) is 25.0. The van der Waals surface area contributed by atoms with Gasteiger partial charge < -0.3 is 40.3 Å². The summed E-state index contributed by atoms with van der Waals surface area (Å²) in [6.45, 7) is 3.52. The lowest BCUT2D eigenvalue weighted by Gasteiger charge is -2.40. The average molecular weight is 882 g/mol.